The summed E-state index contributed by atoms with van der Waals surface area (Å²) in [4.78, 5) is 46.6. The summed E-state index contributed by atoms with van der Waals surface area (Å²) in [6.07, 6.45) is 16.8. The lowest BCUT2D eigenvalue weighted by Gasteiger charge is -2.33. The SMILES string of the molecule is [B]Cc1ccc(OC(C)=O)c(OCCCc2cn(CCCOCCOCCCOCC(COCCCOCCOCCCn3cc(CCCOc4cc(C[B])ccc4OC(C)=O)nn3)(COCCOCCn3cc(CCCOc4cc(C[B])ccc4OC(C)=O)nn3)COCCOCCn3cc(CCCOc4cc(C[B])ccc4OC(C)=O)nn3)nn2)c1. The van der Waals surface area contributed by atoms with Crippen LogP contribution in [0.25, 0.3) is 0 Å². The Hall–Kier alpha value is -9.62. The molecule has 8 rings (SSSR count). The lowest BCUT2D eigenvalue weighted by molar-refractivity contribution is -0.132. The number of carbonyl (C=O) groups is 4. The van der Waals surface area contributed by atoms with E-state index in [9.17, 15) is 19.2 Å². The maximum Gasteiger partial charge on any atom is 0.308 e. The van der Waals surface area contributed by atoms with Gasteiger partial charge in [0, 0.05) is 105 Å². The lowest BCUT2D eigenvalue weighted by Crippen LogP contribution is -2.42. The molecule has 0 fully saturated rings. The molecule has 0 spiro atoms. The van der Waals surface area contributed by atoms with Gasteiger partial charge in [0.25, 0.3) is 0 Å². The summed E-state index contributed by atoms with van der Waals surface area (Å²) < 4.78 is 114. The van der Waals surface area contributed by atoms with Gasteiger partial charge in [-0.05, 0) is 126 Å². The summed E-state index contributed by atoms with van der Waals surface area (Å²) in [5.41, 5.74) is 5.94. The molecule has 123 heavy (non-hydrogen) atoms. The van der Waals surface area contributed by atoms with E-state index in [1.165, 1.54) is 27.7 Å². The number of nitrogens with zero attached hydrogens (tertiary/aromatic N) is 12. The van der Waals surface area contributed by atoms with Crippen LogP contribution in [0.15, 0.2) is 97.6 Å². The minimum absolute atomic E-state index is 0.221. The predicted octanol–water partition coefficient (Wildman–Crippen LogP) is 7.29. The molecule has 0 amide bonds. The number of hydrogen-bond donors (Lipinski definition) is 0. The van der Waals surface area contributed by atoms with Crippen LogP contribution in [-0.2, 0) is 144 Å². The molecule has 34 nitrogen and oxygen atoms in total. The van der Waals surface area contributed by atoms with E-state index in [2.05, 4.69) is 41.2 Å². The smallest absolute Gasteiger partial charge is 0.308 e. The van der Waals surface area contributed by atoms with Crippen LogP contribution in [0.5, 0.6) is 46.0 Å². The fourth-order valence-electron chi connectivity index (χ4n) is 12.1. The van der Waals surface area contributed by atoms with Gasteiger partial charge in [0.2, 0.25) is 0 Å². The summed E-state index contributed by atoms with van der Waals surface area (Å²) in [7, 11) is 23.3. The highest BCUT2D eigenvalue weighted by atomic mass is 16.6. The van der Waals surface area contributed by atoms with Gasteiger partial charge in [0.1, 0.15) is 0 Å². The van der Waals surface area contributed by atoms with Gasteiger partial charge in [0.15, 0.2) is 46.0 Å². The van der Waals surface area contributed by atoms with Gasteiger partial charge in [-0.25, -0.2) is 9.36 Å². The summed E-state index contributed by atoms with van der Waals surface area (Å²) >= 11 is 0. The molecule has 0 saturated carbocycles. The summed E-state index contributed by atoms with van der Waals surface area (Å²) in [6, 6.07) is 21.0. The molecule has 0 bridgehead atoms. The van der Waals surface area contributed by atoms with Crippen LogP contribution >= 0.6 is 0 Å². The van der Waals surface area contributed by atoms with Crippen LogP contribution in [0.2, 0.25) is 0 Å². The standard InChI is InChI=1S/C85H116B4N12O22/c1-65(102)120-77-21-17-69(53-86)49-81(77)116-35-5-13-73-57-98(94-90-73)25-9-29-106-41-43-108-31-11-33-112-61-85(63-114-47-45-110-39-27-100-59-75(92-96-100)15-7-37-118-83-51-71(55-88)19-23-79(83)122-67(3)104,64-115-48-46-111-40-28-101-60-76(93-97-101)16-8-38-119-84-52-72(56-89)20-24-80(84)123-68(4)105)62-113-34-12-32-109-44-42-107-30-10-26-99-58-74(91-95-99)14-6-36-117-82-50-70(54-87)18-22-78(82)121-66(2)103/h17-24,49-52,57-60H,5-16,25-48,53-56,61-64H2,1-4H3. The highest BCUT2D eigenvalue weighted by Gasteiger charge is 2.33. The van der Waals surface area contributed by atoms with Gasteiger partial charge in [-0.15, -0.1) is 20.4 Å². The number of carbonyl (C=O) groups excluding carboxylic acids is 4. The normalized spacial score (nSPS) is 11.5. The molecule has 0 aliphatic rings. The van der Waals surface area contributed by atoms with Crippen LogP contribution in [-0.4, -0.2) is 274 Å². The first kappa shape index (κ1) is 98.8. The van der Waals surface area contributed by atoms with E-state index in [1.54, 1.807) is 91.5 Å². The number of aryl methyl sites for hydroxylation is 6. The zero-order valence-corrected chi connectivity index (χ0v) is 71.5. The van der Waals surface area contributed by atoms with Crippen LogP contribution < -0.4 is 37.9 Å². The maximum atomic E-state index is 11.7. The molecule has 8 radical (unpaired) electrons. The second kappa shape index (κ2) is 58.5. The molecule has 0 saturated heterocycles. The molecule has 660 valence electrons. The Balaban J connectivity index is 0.774. The maximum absolute atomic E-state index is 11.7. The molecular weight excluding hydrogens is 1580 g/mol. The third-order valence-corrected chi connectivity index (χ3v) is 18.2. The Labute approximate surface area is 725 Å². The largest absolute Gasteiger partial charge is 0.490 e. The monoisotopic (exact) mass is 1700 g/mol. The minimum Gasteiger partial charge on any atom is -0.490 e. The average Bonchev–Trinajstić information content (AvgIpc) is 1.10. The van der Waals surface area contributed by atoms with Crippen molar-refractivity contribution in [3.8, 4) is 46.0 Å². The second-order valence-corrected chi connectivity index (χ2v) is 28.8. The van der Waals surface area contributed by atoms with Crippen molar-refractivity contribution in [1.29, 1.82) is 0 Å². The number of aromatic nitrogens is 12. The predicted molar refractivity (Wildman–Crippen MR) is 453 cm³/mol. The minimum atomic E-state index is -0.757. The molecule has 4 aromatic heterocycles. The Morgan fingerprint density at radius 3 is 0.780 bits per heavy atom. The van der Waals surface area contributed by atoms with Crippen molar-refractivity contribution in [2.24, 2.45) is 5.41 Å². The van der Waals surface area contributed by atoms with E-state index in [1.807, 2.05) is 24.8 Å². The van der Waals surface area contributed by atoms with E-state index in [0.717, 1.165) is 57.9 Å². The first-order valence-corrected chi connectivity index (χ1v) is 42.0. The van der Waals surface area contributed by atoms with Crippen molar-refractivity contribution in [3.05, 3.63) is 143 Å². The third kappa shape index (κ3) is 40.3. The highest BCUT2D eigenvalue weighted by molar-refractivity contribution is 6.09. The van der Waals surface area contributed by atoms with Crippen molar-refractivity contribution in [2.45, 2.75) is 156 Å². The topological polar surface area (TPSA) is 357 Å². The molecule has 8 aromatic rings. The van der Waals surface area contributed by atoms with E-state index in [0.29, 0.717) is 281 Å². The number of esters is 4. The summed E-state index contributed by atoms with van der Waals surface area (Å²) in [6.45, 7) is 16.3. The van der Waals surface area contributed by atoms with Crippen molar-refractivity contribution < 1.29 is 104 Å². The summed E-state index contributed by atoms with van der Waals surface area (Å²) in [5.74, 6) is 1.45. The van der Waals surface area contributed by atoms with E-state index in [-0.39, 0.29) is 39.6 Å². The lowest BCUT2D eigenvalue weighted by atomic mass is 9.92. The van der Waals surface area contributed by atoms with Crippen LogP contribution in [0.1, 0.15) is 124 Å². The quantitative estimate of drug-likeness (QED) is 0.0156. The Kier molecular flexibility index (Phi) is 47.0. The number of ether oxygens (including phenoxy) is 18. The number of rotatable bonds is 70. The molecule has 0 atom stereocenters. The molecule has 38 heteroatoms. The first-order valence-electron chi connectivity index (χ1n) is 42.0. The van der Waals surface area contributed by atoms with Crippen LogP contribution in [0.4, 0.5) is 0 Å². The molecule has 4 heterocycles. The molecule has 0 N–H and O–H groups in total. The molecule has 0 aliphatic carbocycles. The molecule has 0 unspecified atom stereocenters. The zero-order chi connectivity index (χ0) is 87.2. The van der Waals surface area contributed by atoms with Crippen molar-refractivity contribution in [3.63, 3.8) is 0 Å². The zero-order valence-electron chi connectivity index (χ0n) is 71.5. The van der Waals surface area contributed by atoms with Gasteiger partial charge in [-0.2, -0.15) is 0 Å². The first-order chi connectivity index (χ1) is 60.1. The second-order valence-electron chi connectivity index (χ2n) is 28.8. The number of benzene rings is 4. The van der Waals surface area contributed by atoms with Gasteiger partial charge in [-0.3, -0.25) is 28.5 Å². The number of hydrogen-bond acceptors (Lipinski definition) is 30. The molecule has 0 aliphatic heterocycles. The Morgan fingerprint density at radius 1 is 0.276 bits per heavy atom. The van der Waals surface area contributed by atoms with E-state index < -0.39 is 29.3 Å². The van der Waals surface area contributed by atoms with Crippen LogP contribution in [0.3, 0.4) is 0 Å². The van der Waals surface area contributed by atoms with Gasteiger partial charge in [0.05, 0.1) is 192 Å². The summed E-state index contributed by atoms with van der Waals surface area (Å²) in [5, 5.41) is 34.5. The fraction of sp³-hybridized carbons (Fsp3) is 0.576. The van der Waals surface area contributed by atoms with Gasteiger partial charge < -0.3 is 85.3 Å². The Morgan fingerprint density at radius 2 is 0.512 bits per heavy atom. The average molecular weight is 1700 g/mol. The van der Waals surface area contributed by atoms with E-state index in [4.69, 9.17) is 117 Å². The Bertz CT molecular complexity index is 4060. The highest BCUT2D eigenvalue weighted by Crippen LogP contribution is 2.33. The van der Waals surface area contributed by atoms with Gasteiger partial charge in [-0.1, -0.05) is 92.7 Å². The molecular formula is C85H116B4N12O22. The van der Waals surface area contributed by atoms with Crippen molar-refractivity contribution in [2.75, 3.05) is 159 Å². The van der Waals surface area contributed by atoms with Gasteiger partial charge >= 0.3 is 23.9 Å². The fourth-order valence-corrected chi connectivity index (χ4v) is 12.1. The molecule has 4 aromatic carbocycles. The van der Waals surface area contributed by atoms with Crippen molar-refractivity contribution in [1.82, 2.24) is 60.0 Å². The van der Waals surface area contributed by atoms with Crippen molar-refractivity contribution >= 4 is 55.3 Å². The van der Waals surface area contributed by atoms with E-state index >= 15 is 0 Å². The van der Waals surface area contributed by atoms with Crippen LogP contribution in [0, 0.1) is 5.41 Å². The third-order valence-electron chi connectivity index (χ3n) is 18.2.